The maximum absolute atomic E-state index is 5.33. The van der Waals surface area contributed by atoms with E-state index in [1.807, 2.05) is 18.2 Å². The fraction of sp³-hybridized carbons (Fsp3) is 0.500. The van der Waals surface area contributed by atoms with Crippen molar-refractivity contribution in [3.63, 3.8) is 0 Å². The average molecular weight is 486 g/mol. The molecule has 1 aromatic carbocycles. The predicted octanol–water partition coefficient (Wildman–Crippen LogP) is 4.11. The molecule has 0 saturated carbocycles. The Balaban J connectivity index is 0.00000364. The number of halogens is 1. The lowest BCUT2D eigenvalue weighted by Crippen LogP contribution is -2.37. The fourth-order valence-electron chi connectivity index (χ4n) is 2.47. The predicted molar refractivity (Wildman–Crippen MR) is 120 cm³/mol. The van der Waals surface area contributed by atoms with Crippen LogP contribution < -0.4 is 15.4 Å². The highest BCUT2D eigenvalue weighted by atomic mass is 127. The number of benzene rings is 1. The van der Waals surface area contributed by atoms with Gasteiger partial charge < -0.3 is 19.9 Å². The number of hydrogen-bond donors (Lipinski definition) is 2. The summed E-state index contributed by atoms with van der Waals surface area (Å²) in [5, 5.41) is 10.7. The molecule has 2 N–H and O–H groups in total. The van der Waals surface area contributed by atoms with Gasteiger partial charge in [-0.05, 0) is 43.4 Å². The maximum atomic E-state index is 5.33. The van der Waals surface area contributed by atoms with Crippen LogP contribution in [0.1, 0.15) is 50.1 Å². The van der Waals surface area contributed by atoms with E-state index in [1.54, 1.807) is 7.11 Å². The molecule has 0 radical (unpaired) electrons. The molecule has 27 heavy (non-hydrogen) atoms. The first-order valence-electron chi connectivity index (χ1n) is 9.23. The van der Waals surface area contributed by atoms with Crippen molar-refractivity contribution in [3.05, 3.63) is 47.3 Å². The zero-order valence-corrected chi connectivity index (χ0v) is 18.9. The summed E-state index contributed by atoms with van der Waals surface area (Å²) < 4.78 is 10.5. The van der Waals surface area contributed by atoms with Crippen LogP contribution >= 0.6 is 24.0 Å². The van der Waals surface area contributed by atoms with Gasteiger partial charge in [-0.3, -0.25) is 0 Å². The standard InChI is InChI=1S/C20H30N4O2.HI/c1-5-21-20(23-14-18-13-19(15(2)3)24-26-18)22-12-6-7-16-8-10-17(25-4)11-9-16;/h8-11,13,15H,5-7,12,14H2,1-4H3,(H2,21,22,23);1H. The molecule has 0 spiro atoms. The van der Waals surface area contributed by atoms with Crippen molar-refractivity contribution in [2.24, 2.45) is 4.99 Å². The van der Waals surface area contributed by atoms with Gasteiger partial charge in [0, 0.05) is 19.2 Å². The second-order valence-electron chi connectivity index (χ2n) is 6.45. The molecule has 0 bridgehead atoms. The summed E-state index contributed by atoms with van der Waals surface area (Å²) in [7, 11) is 1.68. The van der Waals surface area contributed by atoms with Crippen LogP contribution in [-0.4, -0.2) is 31.3 Å². The molecular weight excluding hydrogens is 455 g/mol. The lowest BCUT2D eigenvalue weighted by molar-refractivity contribution is 0.376. The van der Waals surface area contributed by atoms with Crippen LogP contribution in [0.3, 0.4) is 0 Å². The number of ether oxygens (including phenoxy) is 1. The summed E-state index contributed by atoms with van der Waals surface area (Å²) in [4.78, 5) is 4.57. The molecule has 0 amide bonds. The van der Waals surface area contributed by atoms with E-state index in [-0.39, 0.29) is 24.0 Å². The summed E-state index contributed by atoms with van der Waals surface area (Å²) in [5.74, 6) is 2.83. The normalized spacial score (nSPS) is 11.2. The monoisotopic (exact) mass is 486 g/mol. The Bertz CT molecular complexity index is 684. The van der Waals surface area contributed by atoms with E-state index < -0.39 is 0 Å². The summed E-state index contributed by atoms with van der Waals surface area (Å²) in [6.45, 7) is 8.40. The molecule has 1 heterocycles. The number of aliphatic imine (C=N–C) groups is 1. The van der Waals surface area contributed by atoms with E-state index in [2.05, 4.69) is 53.7 Å². The van der Waals surface area contributed by atoms with E-state index in [1.165, 1.54) is 5.56 Å². The van der Waals surface area contributed by atoms with E-state index in [0.717, 1.165) is 49.1 Å². The molecule has 0 aliphatic heterocycles. The number of nitrogens with zero attached hydrogens (tertiary/aromatic N) is 2. The Labute approximate surface area is 179 Å². The lowest BCUT2D eigenvalue weighted by atomic mass is 10.1. The summed E-state index contributed by atoms with van der Waals surface area (Å²) in [6, 6.07) is 10.2. The molecule has 2 rings (SSSR count). The van der Waals surface area contributed by atoms with Gasteiger partial charge in [-0.15, -0.1) is 24.0 Å². The molecule has 6 nitrogen and oxygen atoms in total. The zero-order chi connectivity index (χ0) is 18.8. The molecular formula is C20H31IN4O2. The van der Waals surface area contributed by atoms with Crippen molar-refractivity contribution < 1.29 is 9.26 Å². The number of guanidine groups is 1. The zero-order valence-electron chi connectivity index (χ0n) is 16.6. The second-order valence-corrected chi connectivity index (χ2v) is 6.45. The molecule has 2 aromatic rings. The first-order valence-corrected chi connectivity index (χ1v) is 9.23. The minimum absolute atomic E-state index is 0. The number of aryl methyl sites for hydroxylation is 1. The van der Waals surface area contributed by atoms with E-state index in [9.17, 15) is 0 Å². The van der Waals surface area contributed by atoms with E-state index in [0.29, 0.717) is 12.5 Å². The molecule has 0 saturated heterocycles. The van der Waals surface area contributed by atoms with Crippen molar-refractivity contribution in [2.45, 2.75) is 46.1 Å². The van der Waals surface area contributed by atoms with Crippen LogP contribution in [-0.2, 0) is 13.0 Å². The Morgan fingerprint density at radius 2 is 1.96 bits per heavy atom. The van der Waals surface area contributed by atoms with Crippen LogP contribution in [0, 0.1) is 0 Å². The van der Waals surface area contributed by atoms with Gasteiger partial charge in [0.25, 0.3) is 0 Å². The van der Waals surface area contributed by atoms with Crippen molar-refractivity contribution >= 4 is 29.9 Å². The number of nitrogens with one attached hydrogen (secondary N) is 2. The molecule has 1 aromatic heterocycles. The van der Waals surface area contributed by atoms with Crippen LogP contribution in [0.25, 0.3) is 0 Å². The van der Waals surface area contributed by atoms with E-state index in [4.69, 9.17) is 9.26 Å². The van der Waals surface area contributed by atoms with Gasteiger partial charge in [0.15, 0.2) is 11.7 Å². The van der Waals surface area contributed by atoms with Crippen molar-refractivity contribution in [1.29, 1.82) is 0 Å². The molecule has 0 fully saturated rings. The van der Waals surface area contributed by atoms with Gasteiger partial charge in [-0.1, -0.05) is 31.1 Å². The second kappa shape index (κ2) is 12.6. The van der Waals surface area contributed by atoms with Crippen molar-refractivity contribution in [3.8, 4) is 5.75 Å². The van der Waals surface area contributed by atoms with Gasteiger partial charge >= 0.3 is 0 Å². The smallest absolute Gasteiger partial charge is 0.191 e. The van der Waals surface area contributed by atoms with Crippen LogP contribution in [0.5, 0.6) is 5.75 Å². The van der Waals surface area contributed by atoms with Crippen LogP contribution in [0.4, 0.5) is 0 Å². The third kappa shape index (κ3) is 8.19. The van der Waals surface area contributed by atoms with Crippen molar-refractivity contribution in [2.75, 3.05) is 20.2 Å². The number of hydrogen-bond acceptors (Lipinski definition) is 4. The van der Waals surface area contributed by atoms with Gasteiger partial charge in [0.2, 0.25) is 0 Å². The minimum Gasteiger partial charge on any atom is -0.497 e. The maximum Gasteiger partial charge on any atom is 0.191 e. The summed E-state index contributed by atoms with van der Waals surface area (Å²) in [5.41, 5.74) is 2.27. The Hall–Kier alpha value is -1.77. The van der Waals surface area contributed by atoms with E-state index >= 15 is 0 Å². The van der Waals surface area contributed by atoms with Gasteiger partial charge in [0.1, 0.15) is 12.3 Å². The molecule has 0 aliphatic carbocycles. The topological polar surface area (TPSA) is 71.7 Å². The first-order chi connectivity index (χ1) is 12.6. The average Bonchev–Trinajstić information content (AvgIpc) is 3.13. The Morgan fingerprint density at radius 1 is 1.22 bits per heavy atom. The Morgan fingerprint density at radius 3 is 2.56 bits per heavy atom. The molecule has 7 heteroatoms. The van der Waals surface area contributed by atoms with Crippen LogP contribution in [0.15, 0.2) is 39.8 Å². The lowest BCUT2D eigenvalue weighted by Gasteiger charge is -2.11. The summed E-state index contributed by atoms with van der Waals surface area (Å²) >= 11 is 0. The third-order valence-electron chi connectivity index (χ3n) is 4.00. The van der Waals surface area contributed by atoms with Gasteiger partial charge in [-0.2, -0.15) is 0 Å². The quantitative estimate of drug-likeness (QED) is 0.242. The molecule has 150 valence electrons. The van der Waals surface area contributed by atoms with Gasteiger partial charge in [0.05, 0.1) is 12.8 Å². The Kier molecular flexibility index (Phi) is 10.8. The fourth-order valence-corrected chi connectivity index (χ4v) is 2.47. The minimum atomic E-state index is 0. The van der Waals surface area contributed by atoms with Crippen LogP contribution in [0.2, 0.25) is 0 Å². The first kappa shape index (κ1) is 23.3. The highest BCUT2D eigenvalue weighted by Crippen LogP contribution is 2.14. The van der Waals surface area contributed by atoms with Crippen molar-refractivity contribution in [1.82, 2.24) is 15.8 Å². The van der Waals surface area contributed by atoms with Gasteiger partial charge in [-0.25, -0.2) is 4.99 Å². The third-order valence-corrected chi connectivity index (χ3v) is 4.00. The number of aromatic nitrogens is 1. The largest absolute Gasteiger partial charge is 0.497 e. The number of methoxy groups -OCH3 is 1. The number of rotatable bonds is 9. The SMILES string of the molecule is CCNC(=NCc1cc(C(C)C)no1)NCCCc1ccc(OC)cc1.I. The molecule has 0 aliphatic rings. The molecule has 0 atom stereocenters. The highest BCUT2D eigenvalue weighted by molar-refractivity contribution is 14.0. The highest BCUT2D eigenvalue weighted by Gasteiger charge is 2.07. The summed E-state index contributed by atoms with van der Waals surface area (Å²) in [6.07, 6.45) is 2.03. The molecule has 0 unspecified atom stereocenters.